The van der Waals surface area contributed by atoms with Gasteiger partial charge in [-0.3, -0.25) is 4.79 Å². The first kappa shape index (κ1) is 13.3. The van der Waals surface area contributed by atoms with Gasteiger partial charge in [-0.15, -0.1) is 0 Å². The van der Waals surface area contributed by atoms with Crippen LogP contribution >= 0.6 is 23.1 Å². The summed E-state index contributed by atoms with van der Waals surface area (Å²) in [4.78, 5) is 16.0. The van der Waals surface area contributed by atoms with Crippen LogP contribution in [0, 0.1) is 0 Å². The van der Waals surface area contributed by atoms with E-state index in [1.54, 1.807) is 11.8 Å². The highest BCUT2D eigenvalue weighted by molar-refractivity contribution is 7.99. The van der Waals surface area contributed by atoms with Crippen LogP contribution in [0.25, 0.3) is 10.2 Å². The van der Waals surface area contributed by atoms with E-state index in [9.17, 15) is 4.79 Å². The first-order valence-electron chi connectivity index (χ1n) is 5.73. The van der Waals surface area contributed by atoms with Crippen molar-refractivity contribution in [2.45, 2.75) is 6.42 Å². The number of hydrogen-bond acceptors (Lipinski definition) is 5. The van der Waals surface area contributed by atoms with Gasteiger partial charge in [0.1, 0.15) is 0 Å². The molecule has 3 N–H and O–H groups in total. The normalized spacial score (nSPS) is 10.7. The second-order valence-corrected chi connectivity index (χ2v) is 5.87. The minimum absolute atomic E-state index is 0.00363. The number of aromatic nitrogens is 1. The summed E-state index contributed by atoms with van der Waals surface area (Å²) in [6, 6.07) is 7.85. The Kier molecular flexibility index (Phi) is 4.98. The number of nitrogens with two attached hydrogens (primary N) is 1. The Morgan fingerprint density at radius 2 is 2.28 bits per heavy atom. The summed E-state index contributed by atoms with van der Waals surface area (Å²) < 4.78 is 1.09. The van der Waals surface area contributed by atoms with Crippen LogP contribution in [-0.2, 0) is 4.79 Å². The quantitative estimate of drug-likeness (QED) is 0.797. The lowest BCUT2D eigenvalue weighted by atomic mass is 10.3. The zero-order chi connectivity index (χ0) is 12.8. The molecule has 0 saturated carbocycles. The summed E-state index contributed by atoms with van der Waals surface area (Å²) in [6.45, 7) is 0.673. The number of benzene rings is 1. The minimum atomic E-state index is -0.00363. The zero-order valence-electron chi connectivity index (χ0n) is 9.89. The molecule has 18 heavy (non-hydrogen) atoms. The fourth-order valence-electron chi connectivity index (χ4n) is 1.43. The summed E-state index contributed by atoms with van der Waals surface area (Å²) in [7, 11) is 0. The largest absolute Gasteiger partial charge is 0.330 e. The van der Waals surface area contributed by atoms with Crippen molar-refractivity contribution in [3.05, 3.63) is 24.3 Å². The molecule has 0 radical (unpaired) electrons. The molecule has 0 aliphatic rings. The highest BCUT2D eigenvalue weighted by Crippen LogP contribution is 2.25. The van der Waals surface area contributed by atoms with E-state index in [0.717, 1.165) is 22.4 Å². The van der Waals surface area contributed by atoms with E-state index in [4.69, 9.17) is 5.73 Å². The van der Waals surface area contributed by atoms with Crippen LogP contribution in [0.3, 0.4) is 0 Å². The molecule has 0 spiro atoms. The molecule has 4 nitrogen and oxygen atoms in total. The SMILES string of the molecule is NCCCSCC(=O)Nc1nc2ccccc2s1. The Morgan fingerprint density at radius 3 is 3.06 bits per heavy atom. The molecule has 1 amide bonds. The molecule has 0 aliphatic heterocycles. The number of carbonyl (C=O) groups excluding carboxylic acids is 1. The van der Waals surface area contributed by atoms with E-state index < -0.39 is 0 Å². The number of para-hydroxylation sites is 1. The molecular formula is C12H15N3OS2. The molecule has 2 rings (SSSR count). The van der Waals surface area contributed by atoms with Gasteiger partial charge in [0, 0.05) is 0 Å². The molecular weight excluding hydrogens is 266 g/mol. The molecule has 0 atom stereocenters. The van der Waals surface area contributed by atoms with Crippen LogP contribution in [0.15, 0.2) is 24.3 Å². The van der Waals surface area contributed by atoms with Crippen LogP contribution < -0.4 is 11.1 Å². The number of nitrogens with zero attached hydrogens (tertiary/aromatic N) is 1. The predicted octanol–water partition coefficient (Wildman–Crippen LogP) is 2.32. The number of thiazole rings is 1. The molecule has 1 aromatic carbocycles. The molecule has 0 bridgehead atoms. The molecule has 0 fully saturated rings. The summed E-state index contributed by atoms with van der Waals surface area (Å²) in [5, 5.41) is 3.49. The topological polar surface area (TPSA) is 68.0 Å². The summed E-state index contributed by atoms with van der Waals surface area (Å²) in [5.41, 5.74) is 6.31. The van der Waals surface area contributed by atoms with Crippen molar-refractivity contribution in [1.82, 2.24) is 4.98 Å². The van der Waals surface area contributed by atoms with E-state index in [1.807, 2.05) is 24.3 Å². The first-order valence-corrected chi connectivity index (χ1v) is 7.70. The van der Waals surface area contributed by atoms with Crippen molar-refractivity contribution in [1.29, 1.82) is 0 Å². The second-order valence-electron chi connectivity index (χ2n) is 3.73. The van der Waals surface area contributed by atoms with E-state index in [-0.39, 0.29) is 5.91 Å². The number of nitrogens with one attached hydrogen (secondary N) is 1. The fraction of sp³-hybridized carbons (Fsp3) is 0.333. The van der Waals surface area contributed by atoms with Gasteiger partial charge in [0.15, 0.2) is 5.13 Å². The number of thioether (sulfide) groups is 1. The van der Waals surface area contributed by atoms with Gasteiger partial charge >= 0.3 is 0 Å². The van der Waals surface area contributed by atoms with Gasteiger partial charge in [0.25, 0.3) is 0 Å². The Bertz CT molecular complexity index is 494. The van der Waals surface area contributed by atoms with Crippen LogP contribution in [0.2, 0.25) is 0 Å². The summed E-state index contributed by atoms with van der Waals surface area (Å²) >= 11 is 3.09. The third-order valence-electron chi connectivity index (χ3n) is 2.27. The molecule has 0 saturated heterocycles. The second kappa shape index (κ2) is 6.72. The van der Waals surface area contributed by atoms with E-state index in [1.165, 1.54) is 11.3 Å². The Labute approximate surface area is 114 Å². The smallest absolute Gasteiger partial charge is 0.236 e. The molecule has 1 heterocycles. The monoisotopic (exact) mass is 281 g/mol. The average molecular weight is 281 g/mol. The van der Waals surface area contributed by atoms with Crippen molar-refractivity contribution >= 4 is 44.4 Å². The lowest BCUT2D eigenvalue weighted by molar-refractivity contribution is -0.113. The Balaban J connectivity index is 1.86. The summed E-state index contributed by atoms with van der Waals surface area (Å²) in [6.07, 6.45) is 0.944. The number of rotatable bonds is 6. The number of carbonyl (C=O) groups is 1. The van der Waals surface area contributed by atoms with E-state index in [0.29, 0.717) is 17.4 Å². The summed E-state index contributed by atoms with van der Waals surface area (Å²) in [5.74, 6) is 1.37. The number of anilines is 1. The van der Waals surface area contributed by atoms with Crippen molar-refractivity contribution in [3.8, 4) is 0 Å². The van der Waals surface area contributed by atoms with Crippen LogP contribution in [-0.4, -0.2) is 28.9 Å². The van der Waals surface area contributed by atoms with Crippen LogP contribution in [0.4, 0.5) is 5.13 Å². The molecule has 2 aromatic rings. The maximum absolute atomic E-state index is 11.7. The molecule has 6 heteroatoms. The highest BCUT2D eigenvalue weighted by atomic mass is 32.2. The van der Waals surface area contributed by atoms with Gasteiger partial charge in [-0.25, -0.2) is 4.98 Å². The fourth-order valence-corrected chi connectivity index (χ4v) is 3.09. The maximum atomic E-state index is 11.7. The van der Waals surface area contributed by atoms with Crippen molar-refractivity contribution in [2.24, 2.45) is 5.73 Å². The average Bonchev–Trinajstić information content (AvgIpc) is 2.76. The third-order valence-corrected chi connectivity index (χ3v) is 4.26. The minimum Gasteiger partial charge on any atom is -0.330 e. The van der Waals surface area contributed by atoms with Gasteiger partial charge in [-0.1, -0.05) is 23.5 Å². The third kappa shape index (κ3) is 3.69. The van der Waals surface area contributed by atoms with Crippen LogP contribution in [0.1, 0.15) is 6.42 Å². The lowest BCUT2D eigenvalue weighted by Gasteiger charge is -2.00. The van der Waals surface area contributed by atoms with Gasteiger partial charge in [0.2, 0.25) is 5.91 Å². The van der Waals surface area contributed by atoms with Crippen LogP contribution in [0.5, 0.6) is 0 Å². The van der Waals surface area contributed by atoms with Gasteiger partial charge in [-0.05, 0) is 30.9 Å². The van der Waals surface area contributed by atoms with Crippen molar-refractivity contribution in [3.63, 3.8) is 0 Å². The van der Waals surface area contributed by atoms with Gasteiger partial charge < -0.3 is 11.1 Å². The highest BCUT2D eigenvalue weighted by Gasteiger charge is 2.07. The number of fused-ring (bicyclic) bond motifs is 1. The maximum Gasteiger partial charge on any atom is 0.236 e. The van der Waals surface area contributed by atoms with Crippen molar-refractivity contribution < 1.29 is 4.79 Å². The van der Waals surface area contributed by atoms with Gasteiger partial charge in [-0.2, -0.15) is 11.8 Å². The Hall–Kier alpha value is -1.11. The predicted molar refractivity (Wildman–Crippen MR) is 79.2 cm³/mol. The van der Waals surface area contributed by atoms with Crippen molar-refractivity contribution in [2.75, 3.05) is 23.4 Å². The lowest BCUT2D eigenvalue weighted by Crippen LogP contribution is -2.14. The first-order chi connectivity index (χ1) is 8.79. The number of hydrogen-bond donors (Lipinski definition) is 2. The zero-order valence-corrected chi connectivity index (χ0v) is 11.5. The standard InChI is InChI=1S/C12H15N3OS2/c13-6-3-7-17-8-11(16)15-12-14-9-4-1-2-5-10(9)18-12/h1-2,4-5H,3,6-8,13H2,(H,14,15,16). The van der Waals surface area contributed by atoms with E-state index >= 15 is 0 Å². The molecule has 1 aromatic heterocycles. The number of amides is 1. The van der Waals surface area contributed by atoms with E-state index in [2.05, 4.69) is 10.3 Å². The molecule has 0 unspecified atom stereocenters. The molecule has 96 valence electrons. The van der Waals surface area contributed by atoms with Gasteiger partial charge in [0.05, 0.1) is 16.0 Å². The molecule has 0 aliphatic carbocycles. The Morgan fingerprint density at radius 1 is 1.44 bits per heavy atom.